The van der Waals surface area contributed by atoms with E-state index in [9.17, 15) is 0 Å². The topological polar surface area (TPSA) is 51.8 Å². The van der Waals surface area contributed by atoms with Gasteiger partial charge in [0.15, 0.2) is 0 Å². The lowest BCUT2D eigenvalue weighted by Gasteiger charge is -2.24. The molecule has 14 heavy (non-hydrogen) atoms. The summed E-state index contributed by atoms with van der Waals surface area (Å²) in [6, 6.07) is 0. The van der Waals surface area contributed by atoms with E-state index in [2.05, 4.69) is 30.7 Å². The summed E-state index contributed by atoms with van der Waals surface area (Å²) in [4.78, 5) is 8.03. The van der Waals surface area contributed by atoms with E-state index in [1.165, 1.54) is 0 Å². The van der Waals surface area contributed by atoms with Crippen molar-refractivity contribution in [3.63, 3.8) is 0 Å². The van der Waals surface area contributed by atoms with E-state index in [1.807, 2.05) is 12.4 Å². The lowest BCUT2D eigenvalue weighted by molar-refractivity contribution is 0.341. The second-order valence-electron chi connectivity index (χ2n) is 4.87. The highest BCUT2D eigenvalue weighted by Crippen LogP contribution is 2.29. The van der Waals surface area contributed by atoms with Crippen molar-refractivity contribution in [2.75, 3.05) is 6.54 Å². The molecule has 3 heteroatoms. The highest BCUT2D eigenvalue weighted by molar-refractivity contribution is 5.11. The van der Waals surface area contributed by atoms with Gasteiger partial charge in [0.25, 0.3) is 0 Å². The van der Waals surface area contributed by atoms with Crippen LogP contribution in [0.3, 0.4) is 0 Å². The fourth-order valence-electron chi connectivity index (χ4n) is 1.60. The minimum Gasteiger partial charge on any atom is -0.330 e. The lowest BCUT2D eigenvalue weighted by atomic mass is 9.82. The van der Waals surface area contributed by atoms with Crippen LogP contribution in [0, 0.1) is 5.41 Å². The predicted molar refractivity (Wildman–Crippen MR) is 57.9 cm³/mol. The summed E-state index contributed by atoms with van der Waals surface area (Å²) in [6.07, 6.45) is 6.33. The van der Waals surface area contributed by atoms with Crippen molar-refractivity contribution in [2.45, 2.75) is 33.1 Å². The third kappa shape index (κ3) is 3.42. The molecule has 0 aliphatic heterocycles. The molecule has 0 bridgehead atoms. The number of aromatic nitrogens is 2. The molecule has 1 atom stereocenters. The smallest absolute Gasteiger partial charge is 0.115 e. The van der Waals surface area contributed by atoms with E-state index in [0.717, 1.165) is 12.0 Å². The highest BCUT2D eigenvalue weighted by Gasteiger charge is 2.19. The fraction of sp³-hybridized carbons (Fsp3) is 0.636. The van der Waals surface area contributed by atoms with Crippen LogP contribution in [-0.2, 0) is 0 Å². The van der Waals surface area contributed by atoms with Crippen LogP contribution in [-0.4, -0.2) is 16.5 Å². The van der Waals surface area contributed by atoms with Gasteiger partial charge in [-0.15, -0.1) is 0 Å². The van der Waals surface area contributed by atoms with Crippen molar-refractivity contribution in [1.82, 2.24) is 9.97 Å². The Morgan fingerprint density at radius 3 is 2.29 bits per heavy atom. The minimum absolute atomic E-state index is 0.292. The number of nitrogens with zero attached hydrogens (tertiary/aromatic N) is 2. The lowest BCUT2D eigenvalue weighted by Crippen LogP contribution is -2.19. The number of hydrogen-bond acceptors (Lipinski definition) is 3. The molecule has 0 amide bonds. The first kappa shape index (κ1) is 11.1. The quantitative estimate of drug-likeness (QED) is 0.798. The molecule has 78 valence electrons. The molecule has 0 saturated carbocycles. The minimum atomic E-state index is 0.292. The van der Waals surface area contributed by atoms with Crippen molar-refractivity contribution in [3.05, 3.63) is 24.3 Å². The van der Waals surface area contributed by atoms with Gasteiger partial charge in [-0.3, -0.25) is 0 Å². The van der Waals surface area contributed by atoms with E-state index in [1.54, 1.807) is 6.33 Å². The molecule has 1 heterocycles. The summed E-state index contributed by atoms with van der Waals surface area (Å²) in [5, 5.41) is 0. The first-order valence-electron chi connectivity index (χ1n) is 4.98. The van der Waals surface area contributed by atoms with Crippen LogP contribution >= 0.6 is 0 Å². The molecule has 1 aromatic heterocycles. The first-order valence-corrected chi connectivity index (χ1v) is 4.98. The monoisotopic (exact) mass is 193 g/mol. The summed E-state index contributed by atoms with van der Waals surface area (Å²) in [7, 11) is 0. The number of nitrogens with two attached hydrogens (primary N) is 1. The maximum absolute atomic E-state index is 5.76. The number of hydrogen-bond donors (Lipinski definition) is 1. The fourth-order valence-corrected chi connectivity index (χ4v) is 1.60. The van der Waals surface area contributed by atoms with E-state index in [-0.39, 0.29) is 0 Å². The van der Waals surface area contributed by atoms with Gasteiger partial charge in [-0.25, -0.2) is 9.97 Å². The Hall–Kier alpha value is -0.960. The zero-order valence-electron chi connectivity index (χ0n) is 9.20. The standard InChI is InChI=1S/C11H19N3/c1-11(2,3)4-9(5-12)10-6-13-8-14-7-10/h6-9H,4-5,12H2,1-3H3. The van der Waals surface area contributed by atoms with Gasteiger partial charge in [-0.1, -0.05) is 20.8 Å². The molecule has 0 aromatic carbocycles. The van der Waals surface area contributed by atoms with Gasteiger partial charge in [-0.05, 0) is 29.9 Å². The largest absolute Gasteiger partial charge is 0.330 e. The van der Waals surface area contributed by atoms with E-state index in [0.29, 0.717) is 17.9 Å². The van der Waals surface area contributed by atoms with Gasteiger partial charge in [0.1, 0.15) is 6.33 Å². The van der Waals surface area contributed by atoms with Crippen LogP contribution in [0.5, 0.6) is 0 Å². The molecule has 1 unspecified atom stereocenters. The van der Waals surface area contributed by atoms with Gasteiger partial charge in [-0.2, -0.15) is 0 Å². The van der Waals surface area contributed by atoms with E-state index in [4.69, 9.17) is 5.73 Å². The van der Waals surface area contributed by atoms with E-state index >= 15 is 0 Å². The van der Waals surface area contributed by atoms with Crippen LogP contribution in [0.2, 0.25) is 0 Å². The van der Waals surface area contributed by atoms with Crippen LogP contribution in [0.1, 0.15) is 38.7 Å². The molecule has 0 spiro atoms. The van der Waals surface area contributed by atoms with Crippen LogP contribution in [0.15, 0.2) is 18.7 Å². The van der Waals surface area contributed by atoms with Gasteiger partial charge in [0, 0.05) is 12.4 Å². The van der Waals surface area contributed by atoms with E-state index < -0.39 is 0 Å². The summed E-state index contributed by atoms with van der Waals surface area (Å²) in [5.41, 5.74) is 7.19. The summed E-state index contributed by atoms with van der Waals surface area (Å²) in [5.74, 6) is 0.371. The van der Waals surface area contributed by atoms with Crippen LogP contribution < -0.4 is 5.73 Å². The molecule has 3 nitrogen and oxygen atoms in total. The normalized spacial score (nSPS) is 14.0. The van der Waals surface area contributed by atoms with Gasteiger partial charge in [0.2, 0.25) is 0 Å². The highest BCUT2D eigenvalue weighted by atomic mass is 14.8. The Balaban J connectivity index is 2.73. The van der Waals surface area contributed by atoms with Crippen molar-refractivity contribution >= 4 is 0 Å². The molecule has 1 aromatic rings. The maximum Gasteiger partial charge on any atom is 0.115 e. The third-order valence-corrected chi connectivity index (χ3v) is 2.20. The Kier molecular flexibility index (Phi) is 3.58. The molecule has 0 radical (unpaired) electrons. The van der Waals surface area contributed by atoms with Crippen molar-refractivity contribution < 1.29 is 0 Å². The molecule has 0 fully saturated rings. The molecule has 0 aliphatic carbocycles. The molecule has 0 aliphatic rings. The molecule has 0 saturated heterocycles. The summed E-state index contributed by atoms with van der Waals surface area (Å²) < 4.78 is 0. The summed E-state index contributed by atoms with van der Waals surface area (Å²) >= 11 is 0. The average Bonchev–Trinajstić information content (AvgIpc) is 2.14. The molecular weight excluding hydrogens is 174 g/mol. The number of rotatable bonds is 3. The van der Waals surface area contributed by atoms with Gasteiger partial charge < -0.3 is 5.73 Å². The van der Waals surface area contributed by atoms with Crippen molar-refractivity contribution in [3.8, 4) is 0 Å². The molecular formula is C11H19N3. The Morgan fingerprint density at radius 1 is 1.29 bits per heavy atom. The maximum atomic E-state index is 5.76. The Bertz CT molecular complexity index is 264. The average molecular weight is 193 g/mol. The third-order valence-electron chi connectivity index (χ3n) is 2.20. The Morgan fingerprint density at radius 2 is 1.86 bits per heavy atom. The second-order valence-corrected chi connectivity index (χ2v) is 4.87. The van der Waals surface area contributed by atoms with Gasteiger partial charge >= 0.3 is 0 Å². The van der Waals surface area contributed by atoms with Crippen molar-refractivity contribution in [2.24, 2.45) is 11.1 Å². The van der Waals surface area contributed by atoms with Crippen LogP contribution in [0.4, 0.5) is 0 Å². The molecule has 1 rings (SSSR count). The summed E-state index contributed by atoms with van der Waals surface area (Å²) in [6.45, 7) is 7.32. The predicted octanol–water partition coefficient (Wildman–Crippen LogP) is 1.96. The zero-order chi connectivity index (χ0) is 10.6. The first-order chi connectivity index (χ1) is 6.53. The molecule has 2 N–H and O–H groups in total. The second kappa shape index (κ2) is 4.51. The zero-order valence-corrected chi connectivity index (χ0v) is 9.20. The van der Waals surface area contributed by atoms with Crippen LogP contribution in [0.25, 0.3) is 0 Å². The van der Waals surface area contributed by atoms with Crippen molar-refractivity contribution in [1.29, 1.82) is 0 Å². The SMILES string of the molecule is CC(C)(C)CC(CN)c1cncnc1. The Labute approximate surface area is 85.8 Å². The van der Waals surface area contributed by atoms with Gasteiger partial charge in [0.05, 0.1) is 0 Å².